The molecule has 148 valence electrons. The Balaban J connectivity index is 1.79. The summed E-state index contributed by atoms with van der Waals surface area (Å²) in [5, 5.41) is 16.4. The number of aromatic amines is 1. The minimum atomic E-state index is -0.481. The normalized spacial score (nSPS) is 12.0. The summed E-state index contributed by atoms with van der Waals surface area (Å²) in [4.78, 5) is 7.96. The predicted molar refractivity (Wildman–Crippen MR) is 108 cm³/mol. The van der Waals surface area contributed by atoms with Gasteiger partial charge in [-0.3, -0.25) is 0 Å². The van der Waals surface area contributed by atoms with Gasteiger partial charge in [0.05, 0.1) is 28.4 Å². The van der Waals surface area contributed by atoms with Gasteiger partial charge in [0.25, 0.3) is 0 Å². The molecule has 0 amide bonds. The fraction of sp³-hybridized carbons (Fsp3) is 0.300. The zero-order valence-corrected chi connectivity index (χ0v) is 16.3. The lowest BCUT2D eigenvalue weighted by molar-refractivity contribution is 0.199. The highest BCUT2D eigenvalue weighted by Crippen LogP contribution is 2.21. The van der Waals surface area contributed by atoms with E-state index in [0.717, 1.165) is 47.5 Å². The number of halogens is 2. The van der Waals surface area contributed by atoms with Crippen molar-refractivity contribution >= 4 is 28.3 Å². The molecule has 6 nitrogen and oxygen atoms in total. The molecule has 3 N–H and O–H groups in total. The molecule has 1 aromatic heterocycles. The number of hydrogen-bond donors (Lipinski definition) is 3. The number of ether oxygens (including phenoxy) is 1. The number of hydrogen-bond acceptors (Lipinski definition) is 5. The first-order chi connectivity index (χ1) is 13.6. The van der Waals surface area contributed by atoms with Gasteiger partial charge in [0.2, 0.25) is 0 Å². The molecule has 28 heavy (non-hydrogen) atoms. The quantitative estimate of drug-likeness (QED) is 0.220. The van der Waals surface area contributed by atoms with Gasteiger partial charge in [-0.1, -0.05) is 35.0 Å². The van der Waals surface area contributed by atoms with Crippen LogP contribution in [0, 0.1) is 5.82 Å². The smallest absolute Gasteiger partial charge is 0.141 e. The molecule has 3 rings (SSSR count). The van der Waals surface area contributed by atoms with Crippen LogP contribution in [0.2, 0.25) is 5.02 Å². The van der Waals surface area contributed by atoms with E-state index in [1.165, 1.54) is 12.1 Å². The molecule has 8 heteroatoms. The third-order valence-electron chi connectivity index (χ3n) is 4.37. The second-order valence-electron chi connectivity index (χ2n) is 6.35. The van der Waals surface area contributed by atoms with Gasteiger partial charge in [-0.2, -0.15) is 0 Å². The van der Waals surface area contributed by atoms with Crippen LogP contribution >= 0.6 is 11.6 Å². The lowest BCUT2D eigenvalue weighted by Gasteiger charge is -2.07. The van der Waals surface area contributed by atoms with Crippen LogP contribution in [0.3, 0.4) is 0 Å². The van der Waals surface area contributed by atoms with E-state index in [4.69, 9.17) is 16.3 Å². The zero-order chi connectivity index (χ0) is 19.9. The summed E-state index contributed by atoms with van der Waals surface area (Å²) in [7, 11) is 1.67. The fourth-order valence-electron chi connectivity index (χ4n) is 2.97. The van der Waals surface area contributed by atoms with E-state index in [1.807, 2.05) is 18.2 Å². The van der Waals surface area contributed by atoms with Crippen molar-refractivity contribution in [3.63, 3.8) is 0 Å². The molecule has 3 aromatic rings. The lowest BCUT2D eigenvalue weighted by Crippen LogP contribution is -2.22. The fourth-order valence-corrected chi connectivity index (χ4v) is 3.17. The summed E-state index contributed by atoms with van der Waals surface area (Å²) < 4.78 is 18.4. The van der Waals surface area contributed by atoms with Gasteiger partial charge >= 0.3 is 0 Å². The van der Waals surface area contributed by atoms with E-state index < -0.39 is 5.82 Å². The zero-order valence-electron chi connectivity index (χ0n) is 15.5. The Bertz CT molecular complexity index is 974. The maximum atomic E-state index is 13.4. The number of nitrogens with one attached hydrogen (secondary N) is 2. The van der Waals surface area contributed by atoms with Crippen molar-refractivity contribution in [2.45, 2.75) is 12.8 Å². The predicted octanol–water partition coefficient (Wildman–Crippen LogP) is 3.55. The van der Waals surface area contributed by atoms with Gasteiger partial charge in [0.15, 0.2) is 0 Å². The van der Waals surface area contributed by atoms with E-state index in [1.54, 1.807) is 13.2 Å². The van der Waals surface area contributed by atoms with E-state index in [-0.39, 0.29) is 5.02 Å². The Hall–Kier alpha value is -2.48. The second-order valence-corrected chi connectivity index (χ2v) is 6.76. The average Bonchev–Trinajstić information content (AvgIpc) is 3.12. The molecule has 0 unspecified atom stereocenters. The number of para-hydroxylation sites is 1. The SMILES string of the molecule is COCCNCCc1nc2c(/C(Cc3ccc(F)c(Cl)c3)=N/O)cccc2[nH]1. The average molecular weight is 405 g/mol. The number of methoxy groups -OCH3 is 1. The summed E-state index contributed by atoms with van der Waals surface area (Å²) in [6.07, 6.45) is 1.04. The largest absolute Gasteiger partial charge is 0.411 e. The summed E-state index contributed by atoms with van der Waals surface area (Å²) in [6, 6.07) is 10.1. The molecule has 0 aliphatic carbocycles. The van der Waals surface area contributed by atoms with Crippen LogP contribution in [0.1, 0.15) is 17.0 Å². The second kappa shape index (κ2) is 9.64. The first-order valence-corrected chi connectivity index (χ1v) is 9.32. The van der Waals surface area contributed by atoms with Crippen LogP contribution in [0.4, 0.5) is 4.39 Å². The van der Waals surface area contributed by atoms with Crippen LogP contribution in [-0.4, -0.2) is 47.7 Å². The Kier molecular flexibility index (Phi) is 6.97. The van der Waals surface area contributed by atoms with E-state index >= 15 is 0 Å². The van der Waals surface area contributed by atoms with Crippen LogP contribution < -0.4 is 5.32 Å². The molecule has 1 heterocycles. The Morgan fingerprint density at radius 2 is 2.18 bits per heavy atom. The number of aromatic nitrogens is 2. The molecule has 0 spiro atoms. The van der Waals surface area contributed by atoms with Crippen LogP contribution in [0.15, 0.2) is 41.6 Å². The maximum Gasteiger partial charge on any atom is 0.141 e. The number of nitrogens with zero attached hydrogens (tertiary/aromatic N) is 2. The summed E-state index contributed by atoms with van der Waals surface area (Å²) in [5.74, 6) is 0.362. The number of H-pyrrole nitrogens is 1. The molecular weight excluding hydrogens is 383 g/mol. The van der Waals surface area contributed by atoms with Gasteiger partial charge in [0, 0.05) is 38.6 Å². The number of rotatable bonds is 9. The molecule has 0 fully saturated rings. The summed E-state index contributed by atoms with van der Waals surface area (Å²) in [5.41, 5.74) is 3.49. The Labute approximate surface area is 167 Å². The molecule has 0 radical (unpaired) electrons. The standard InChI is InChI=1S/C20H22ClFN4O2/c1-28-10-9-23-8-7-19-24-17-4-2-3-14(20(17)25-19)18(26-27)12-13-5-6-16(22)15(21)11-13/h2-6,11,23,27H,7-10,12H2,1H3,(H,24,25)/b26-18+. The number of imidazole rings is 1. The molecule has 0 atom stereocenters. The van der Waals surface area contributed by atoms with Crippen LogP contribution in [0.25, 0.3) is 11.0 Å². The number of fused-ring (bicyclic) bond motifs is 1. The van der Waals surface area contributed by atoms with E-state index in [0.29, 0.717) is 18.7 Å². The summed E-state index contributed by atoms with van der Waals surface area (Å²) in [6.45, 7) is 2.21. The summed E-state index contributed by atoms with van der Waals surface area (Å²) >= 11 is 5.86. The van der Waals surface area contributed by atoms with Crippen molar-refractivity contribution in [1.29, 1.82) is 0 Å². The van der Waals surface area contributed by atoms with Crippen molar-refractivity contribution in [3.8, 4) is 0 Å². The highest BCUT2D eigenvalue weighted by Gasteiger charge is 2.14. The third kappa shape index (κ3) is 4.86. The van der Waals surface area contributed by atoms with Gasteiger partial charge in [-0.25, -0.2) is 9.37 Å². The van der Waals surface area contributed by atoms with Crippen molar-refractivity contribution in [2.24, 2.45) is 5.16 Å². The van der Waals surface area contributed by atoms with Gasteiger partial charge in [-0.15, -0.1) is 0 Å². The van der Waals surface area contributed by atoms with Crippen LogP contribution in [0.5, 0.6) is 0 Å². The first-order valence-electron chi connectivity index (χ1n) is 8.95. The number of benzene rings is 2. The minimum absolute atomic E-state index is 0.0380. The van der Waals surface area contributed by atoms with Crippen molar-refractivity contribution in [3.05, 3.63) is 64.2 Å². The molecule has 0 aliphatic heterocycles. The van der Waals surface area contributed by atoms with Gasteiger partial charge in [-0.05, 0) is 23.8 Å². The molecule has 0 aliphatic rings. The Morgan fingerprint density at radius 3 is 2.93 bits per heavy atom. The molecule has 0 saturated heterocycles. The van der Waals surface area contributed by atoms with E-state index in [2.05, 4.69) is 20.4 Å². The Morgan fingerprint density at radius 1 is 1.32 bits per heavy atom. The topological polar surface area (TPSA) is 82.5 Å². The monoisotopic (exact) mass is 404 g/mol. The molecule has 0 bridgehead atoms. The van der Waals surface area contributed by atoms with Crippen molar-refractivity contribution in [2.75, 3.05) is 26.8 Å². The highest BCUT2D eigenvalue weighted by atomic mass is 35.5. The van der Waals surface area contributed by atoms with Gasteiger partial charge in [0.1, 0.15) is 11.6 Å². The molecule has 0 saturated carbocycles. The van der Waals surface area contributed by atoms with E-state index in [9.17, 15) is 9.60 Å². The number of oxime groups is 1. The van der Waals surface area contributed by atoms with Crippen LogP contribution in [-0.2, 0) is 17.6 Å². The van der Waals surface area contributed by atoms with Gasteiger partial charge < -0.3 is 20.2 Å². The molecular formula is C20H22ClFN4O2. The molecule has 2 aromatic carbocycles. The lowest BCUT2D eigenvalue weighted by atomic mass is 10.0. The highest BCUT2D eigenvalue weighted by molar-refractivity contribution is 6.30. The van der Waals surface area contributed by atoms with Crippen molar-refractivity contribution in [1.82, 2.24) is 15.3 Å². The van der Waals surface area contributed by atoms with Crippen molar-refractivity contribution < 1.29 is 14.3 Å². The third-order valence-corrected chi connectivity index (χ3v) is 4.66. The first kappa shape index (κ1) is 20.3. The maximum absolute atomic E-state index is 13.4. The minimum Gasteiger partial charge on any atom is -0.411 e.